The highest BCUT2D eigenvalue weighted by atomic mass is 32.2. The molecule has 0 aliphatic rings. The fourth-order valence-electron chi connectivity index (χ4n) is 2.53. The van der Waals surface area contributed by atoms with Gasteiger partial charge in [-0.1, -0.05) is 30.3 Å². The first-order valence-electron chi connectivity index (χ1n) is 7.66. The van der Waals surface area contributed by atoms with Gasteiger partial charge in [0.05, 0.1) is 0 Å². The minimum absolute atomic E-state index is 0.0257. The van der Waals surface area contributed by atoms with Crippen LogP contribution in [0.25, 0.3) is 10.8 Å². The third kappa shape index (κ3) is 3.94. The van der Waals surface area contributed by atoms with Crippen LogP contribution < -0.4 is 4.18 Å². The number of nitrogens with zero attached hydrogens (tertiary/aromatic N) is 2. The second-order valence-electron chi connectivity index (χ2n) is 5.62. The minimum Gasteiger partial charge on any atom is -0.505 e. The van der Waals surface area contributed by atoms with Crippen molar-refractivity contribution in [3.63, 3.8) is 0 Å². The Morgan fingerprint density at radius 1 is 1.11 bits per heavy atom. The van der Waals surface area contributed by atoms with E-state index < -0.39 is 23.1 Å². The summed E-state index contributed by atoms with van der Waals surface area (Å²) in [6, 6.07) is 12.9. The molecule has 3 N–H and O–H groups in total. The molecule has 3 aromatic rings. The zero-order valence-corrected chi connectivity index (χ0v) is 14.8. The lowest BCUT2D eigenvalue weighted by Gasteiger charge is -2.08. The quantitative estimate of drug-likeness (QED) is 0.438. The molecule has 0 aliphatic heterocycles. The van der Waals surface area contributed by atoms with Crippen molar-refractivity contribution >= 4 is 39.5 Å². The van der Waals surface area contributed by atoms with Crippen LogP contribution >= 0.6 is 0 Å². The third-order valence-corrected chi connectivity index (χ3v) is 4.08. The monoisotopic (exact) mass is 386 g/mol. The van der Waals surface area contributed by atoms with E-state index in [-0.39, 0.29) is 22.7 Å². The Kier molecular flexibility index (Phi) is 5.15. The van der Waals surface area contributed by atoms with Crippen molar-refractivity contribution in [3.05, 3.63) is 59.7 Å². The molecular weight excluding hydrogens is 372 g/mol. The largest absolute Gasteiger partial charge is 0.505 e. The van der Waals surface area contributed by atoms with E-state index in [4.69, 9.17) is 8.74 Å². The van der Waals surface area contributed by atoms with Crippen molar-refractivity contribution in [2.45, 2.75) is 6.92 Å². The lowest BCUT2D eigenvalue weighted by molar-refractivity contribution is 0.0694. The summed E-state index contributed by atoms with van der Waals surface area (Å²) in [7, 11) is 0. The predicted octanol–water partition coefficient (Wildman–Crippen LogP) is 4.48. The summed E-state index contributed by atoms with van der Waals surface area (Å²) in [5.74, 6) is -1.80. The number of azo groups is 1. The number of carbonyl (C=O) groups is 1. The predicted molar refractivity (Wildman–Crippen MR) is 99.3 cm³/mol. The van der Waals surface area contributed by atoms with Crippen molar-refractivity contribution in [1.29, 1.82) is 0 Å². The summed E-state index contributed by atoms with van der Waals surface area (Å²) in [6.07, 6.45) is 0. The van der Waals surface area contributed by atoms with Crippen LogP contribution in [-0.4, -0.2) is 24.9 Å². The Bertz CT molecular complexity index is 1100. The van der Waals surface area contributed by atoms with Crippen molar-refractivity contribution in [2.75, 3.05) is 0 Å². The number of aromatic carboxylic acids is 1. The van der Waals surface area contributed by atoms with Gasteiger partial charge in [0.1, 0.15) is 16.9 Å². The SMILES string of the molecule is Cc1ccc(N=Nc2c(O)c(C(=O)O)cc3ccccc23)c(OS(=O)O)c1. The molecule has 9 heteroatoms. The molecule has 0 spiro atoms. The lowest BCUT2D eigenvalue weighted by Crippen LogP contribution is -1.98. The van der Waals surface area contributed by atoms with Crippen LogP contribution in [-0.2, 0) is 11.4 Å². The molecule has 27 heavy (non-hydrogen) atoms. The molecule has 138 valence electrons. The average molecular weight is 386 g/mol. The summed E-state index contributed by atoms with van der Waals surface area (Å²) < 4.78 is 24.7. The highest BCUT2D eigenvalue weighted by Gasteiger charge is 2.17. The Hall–Kier alpha value is -3.30. The van der Waals surface area contributed by atoms with E-state index in [9.17, 15) is 19.2 Å². The number of rotatable bonds is 5. The first kappa shape index (κ1) is 18.5. The normalized spacial score (nSPS) is 12.4. The van der Waals surface area contributed by atoms with Gasteiger partial charge in [0.2, 0.25) is 0 Å². The maximum atomic E-state index is 11.4. The van der Waals surface area contributed by atoms with Crippen molar-refractivity contribution in [3.8, 4) is 11.5 Å². The van der Waals surface area contributed by atoms with E-state index in [1.165, 1.54) is 18.2 Å². The third-order valence-electron chi connectivity index (χ3n) is 3.76. The topological polar surface area (TPSA) is 129 Å². The molecule has 0 heterocycles. The van der Waals surface area contributed by atoms with E-state index in [0.717, 1.165) is 5.56 Å². The molecule has 1 atom stereocenters. The number of fused-ring (bicyclic) bond motifs is 1. The number of carboxylic acid groups (broad SMARTS) is 1. The van der Waals surface area contributed by atoms with Gasteiger partial charge >= 0.3 is 17.3 Å². The highest BCUT2D eigenvalue weighted by Crippen LogP contribution is 2.40. The van der Waals surface area contributed by atoms with Crippen LogP contribution in [0, 0.1) is 6.92 Å². The second kappa shape index (κ2) is 7.52. The maximum absolute atomic E-state index is 11.4. The van der Waals surface area contributed by atoms with Gasteiger partial charge in [0.25, 0.3) is 0 Å². The zero-order valence-electron chi connectivity index (χ0n) is 14.0. The van der Waals surface area contributed by atoms with E-state index in [1.807, 2.05) is 0 Å². The molecule has 8 nitrogen and oxygen atoms in total. The fourth-order valence-corrected chi connectivity index (χ4v) is 2.82. The van der Waals surface area contributed by atoms with Gasteiger partial charge in [-0.3, -0.25) is 4.55 Å². The van der Waals surface area contributed by atoms with Gasteiger partial charge < -0.3 is 14.4 Å². The summed E-state index contributed by atoms with van der Waals surface area (Å²) in [5.41, 5.74) is 0.587. The van der Waals surface area contributed by atoms with Crippen LogP contribution in [0.15, 0.2) is 58.8 Å². The minimum atomic E-state index is -2.55. The van der Waals surface area contributed by atoms with Crippen LogP contribution in [0.4, 0.5) is 11.4 Å². The van der Waals surface area contributed by atoms with Gasteiger partial charge in [0, 0.05) is 5.39 Å². The van der Waals surface area contributed by atoms with Crippen LogP contribution in [0.2, 0.25) is 0 Å². The van der Waals surface area contributed by atoms with Gasteiger partial charge in [-0.2, -0.15) is 4.21 Å². The van der Waals surface area contributed by atoms with Crippen molar-refractivity contribution < 1.29 is 28.0 Å². The smallest absolute Gasteiger partial charge is 0.357 e. The van der Waals surface area contributed by atoms with Crippen molar-refractivity contribution in [1.82, 2.24) is 0 Å². The summed E-state index contributed by atoms with van der Waals surface area (Å²) in [6.45, 7) is 1.77. The molecule has 0 amide bonds. The van der Waals surface area contributed by atoms with E-state index >= 15 is 0 Å². The summed E-state index contributed by atoms with van der Waals surface area (Å²) >= 11 is -2.55. The highest BCUT2D eigenvalue weighted by molar-refractivity contribution is 7.74. The molecule has 0 saturated heterocycles. The molecule has 0 fully saturated rings. The molecule has 0 bridgehead atoms. The van der Waals surface area contributed by atoms with Gasteiger partial charge in [-0.15, -0.1) is 10.2 Å². The molecule has 3 rings (SSSR count). The Morgan fingerprint density at radius 3 is 2.56 bits per heavy atom. The molecule has 0 aromatic heterocycles. The molecule has 3 aromatic carbocycles. The molecule has 0 radical (unpaired) electrons. The maximum Gasteiger partial charge on any atom is 0.357 e. The number of hydrogen-bond acceptors (Lipinski definition) is 6. The molecular formula is C18H14N2O6S. The molecule has 0 aliphatic carbocycles. The fraction of sp³-hybridized carbons (Fsp3) is 0.0556. The van der Waals surface area contributed by atoms with E-state index in [2.05, 4.69) is 10.2 Å². The number of aromatic hydroxyl groups is 1. The molecule has 1 unspecified atom stereocenters. The first-order chi connectivity index (χ1) is 12.9. The average Bonchev–Trinajstić information content (AvgIpc) is 2.61. The Labute approximate surface area is 156 Å². The van der Waals surface area contributed by atoms with E-state index in [1.54, 1.807) is 37.3 Å². The van der Waals surface area contributed by atoms with Gasteiger partial charge in [0.15, 0.2) is 11.5 Å². The number of benzene rings is 3. The van der Waals surface area contributed by atoms with Crippen LogP contribution in [0.5, 0.6) is 11.5 Å². The first-order valence-corrected chi connectivity index (χ1v) is 8.69. The Morgan fingerprint density at radius 2 is 1.85 bits per heavy atom. The summed E-state index contributed by atoms with van der Waals surface area (Å²) in [4.78, 5) is 11.4. The van der Waals surface area contributed by atoms with Crippen LogP contribution in [0.3, 0.4) is 0 Å². The number of aryl methyl sites for hydroxylation is 1. The zero-order chi connectivity index (χ0) is 19.6. The number of phenols is 1. The van der Waals surface area contributed by atoms with Gasteiger partial charge in [-0.05, 0) is 36.1 Å². The number of hydrogen-bond donors (Lipinski definition) is 3. The summed E-state index contributed by atoms with van der Waals surface area (Å²) in [5, 5.41) is 28.7. The molecule has 0 saturated carbocycles. The lowest BCUT2D eigenvalue weighted by atomic mass is 10.0. The standard InChI is InChI=1S/C18H14N2O6S/c1-10-6-7-14(15(8-10)26-27(24)25)19-20-16-12-5-3-2-4-11(12)9-13(17(16)21)18(22)23/h2-9,21H,1H3,(H,22,23)(H,24,25). The van der Waals surface area contributed by atoms with E-state index in [0.29, 0.717) is 10.8 Å². The Balaban J connectivity index is 2.16. The van der Waals surface area contributed by atoms with Crippen molar-refractivity contribution in [2.24, 2.45) is 10.2 Å². The number of carboxylic acids is 1. The van der Waals surface area contributed by atoms with Gasteiger partial charge in [-0.25, -0.2) is 4.79 Å². The second-order valence-corrected chi connectivity index (χ2v) is 6.22. The van der Waals surface area contributed by atoms with Crippen LogP contribution in [0.1, 0.15) is 15.9 Å².